The Morgan fingerprint density at radius 3 is 0.871 bits per heavy atom. The summed E-state index contributed by atoms with van der Waals surface area (Å²) in [7, 11) is -1.03. The minimum Gasteiger partial charge on any atom is -0.748 e. The Morgan fingerprint density at radius 2 is 0.677 bits per heavy atom. The van der Waals surface area contributed by atoms with E-state index in [0.717, 1.165) is 22.3 Å². The van der Waals surface area contributed by atoms with Crippen LogP contribution < -0.4 is 35.7 Å². The van der Waals surface area contributed by atoms with Gasteiger partial charge in [0.05, 0.1) is 86.0 Å². The maximum absolute atomic E-state index is 10.8. The van der Waals surface area contributed by atoms with Crippen molar-refractivity contribution in [1.29, 1.82) is 0 Å². The van der Waals surface area contributed by atoms with Crippen LogP contribution >= 0.6 is 32.0 Å². The van der Waals surface area contributed by atoms with Gasteiger partial charge in [-0.05, 0) is 22.3 Å². The molecule has 0 fully saturated rings. The zero-order valence-corrected chi connectivity index (χ0v) is 43.0. The molecule has 0 saturated carbocycles. The van der Waals surface area contributed by atoms with Gasteiger partial charge in [-0.25, -0.2) is 37.9 Å². The molecule has 0 atom stereocenters. The summed E-state index contributed by atoms with van der Waals surface area (Å²) in [4.78, 5) is 0. The molecule has 24 heteroatoms. The zero-order valence-electron chi connectivity index (χ0n) is 34.6. The average molecular weight is 1040 g/mol. The third-order valence-electron chi connectivity index (χ3n) is 6.59. The first-order valence-electron chi connectivity index (χ1n) is 17.5. The van der Waals surface area contributed by atoms with E-state index in [1.807, 2.05) is 121 Å². The largest absolute Gasteiger partial charge is 1.00 e. The molecule has 62 heavy (non-hydrogen) atoms. The normalized spacial score (nSPS) is 11.0. The Labute approximate surface area is 405 Å². The van der Waals surface area contributed by atoms with Crippen molar-refractivity contribution < 1.29 is 90.9 Å². The first kappa shape index (κ1) is 64.7. The second-order valence-corrected chi connectivity index (χ2v) is 23.6. The second-order valence-electron chi connectivity index (χ2n) is 12.1. The van der Waals surface area contributed by atoms with Crippen LogP contribution in [0.2, 0.25) is 0 Å². The Hall–Kier alpha value is -1.54. The molecular formula is C38H53Cl3NNaO14S5. The van der Waals surface area contributed by atoms with Gasteiger partial charge in [0.2, 0.25) is 18.3 Å². The molecular weight excluding hydrogens is 984 g/mol. The smallest absolute Gasteiger partial charge is 0.748 e. The van der Waals surface area contributed by atoms with Gasteiger partial charge in [-0.3, -0.25) is 0 Å². The number of sulfone groups is 2. The molecule has 0 saturated heterocycles. The van der Waals surface area contributed by atoms with Crippen LogP contribution in [0.25, 0.3) is 0 Å². The van der Waals surface area contributed by atoms with E-state index in [2.05, 4.69) is 21.4 Å². The summed E-state index contributed by atoms with van der Waals surface area (Å²) in [5.74, 6) is -0.457. The molecule has 0 heterocycles. The van der Waals surface area contributed by atoms with E-state index in [4.69, 9.17) is 33.8 Å². The van der Waals surface area contributed by atoms with Gasteiger partial charge in [0.15, 0.2) is 0 Å². The Bertz CT molecular complexity index is 1860. The fraction of sp³-hybridized carbons (Fsp3) is 0.368. The summed E-state index contributed by atoms with van der Waals surface area (Å²) in [6, 6.07) is 38.2. The van der Waals surface area contributed by atoms with Gasteiger partial charge in [0, 0.05) is 44.6 Å². The third-order valence-corrected chi connectivity index (χ3v) is 10.2. The van der Waals surface area contributed by atoms with Gasteiger partial charge >= 0.3 is 29.6 Å². The molecule has 0 aliphatic carbocycles. The van der Waals surface area contributed by atoms with Crippen LogP contribution in [0.15, 0.2) is 121 Å². The molecule has 4 aromatic rings. The minimum absolute atomic E-state index is 0. The molecule has 346 valence electrons. The molecule has 4 aromatic carbocycles. The molecule has 0 aliphatic heterocycles. The van der Waals surface area contributed by atoms with Crippen molar-refractivity contribution in [3.8, 4) is 0 Å². The number of benzene rings is 4. The van der Waals surface area contributed by atoms with Crippen molar-refractivity contribution in [2.45, 2.75) is 26.4 Å². The molecule has 0 bridgehead atoms. The predicted molar refractivity (Wildman–Crippen MR) is 243 cm³/mol. The van der Waals surface area contributed by atoms with E-state index >= 15 is 0 Å². The number of hydrogen-bond acceptors (Lipinski definition) is 15. The first-order chi connectivity index (χ1) is 28.0. The van der Waals surface area contributed by atoms with Crippen molar-refractivity contribution in [2.24, 2.45) is 0 Å². The van der Waals surface area contributed by atoms with Crippen LogP contribution in [0.1, 0.15) is 22.3 Å². The summed E-state index contributed by atoms with van der Waals surface area (Å²) in [6.45, 7) is 2.26. The van der Waals surface area contributed by atoms with E-state index in [9.17, 15) is 38.2 Å². The molecule has 0 amide bonds. The molecule has 3 N–H and O–H groups in total. The van der Waals surface area contributed by atoms with Crippen LogP contribution in [-0.2, 0) is 93.4 Å². The Balaban J connectivity index is -0.000000719. The van der Waals surface area contributed by atoms with E-state index in [0.29, 0.717) is 26.4 Å². The summed E-state index contributed by atoms with van der Waals surface area (Å²) in [5, 5.41) is 0. The molecule has 0 unspecified atom stereocenters. The number of rotatable bonds is 20. The van der Waals surface area contributed by atoms with E-state index in [1.165, 1.54) is 12.5 Å². The predicted octanol–water partition coefficient (Wildman–Crippen LogP) is 3.22. The van der Waals surface area contributed by atoms with Crippen LogP contribution in [0.5, 0.6) is 0 Å². The van der Waals surface area contributed by atoms with Crippen molar-refractivity contribution in [3.63, 3.8) is 0 Å². The summed E-state index contributed by atoms with van der Waals surface area (Å²) in [5.41, 5.74) is 4.08. The Kier molecular flexibility index (Phi) is 39.3. The zero-order chi connectivity index (χ0) is 45.3. The Morgan fingerprint density at radius 1 is 0.468 bits per heavy atom. The first-order valence-corrected chi connectivity index (χ1v) is 28.4. The van der Waals surface area contributed by atoms with Gasteiger partial charge in [-0.1, -0.05) is 121 Å². The summed E-state index contributed by atoms with van der Waals surface area (Å²) in [6.07, 6.45) is 2.41. The van der Waals surface area contributed by atoms with E-state index < -0.39 is 53.8 Å². The fourth-order valence-electron chi connectivity index (χ4n) is 3.80. The summed E-state index contributed by atoms with van der Waals surface area (Å²) >= 11 is 0. The maximum Gasteiger partial charge on any atom is 1.00 e. The van der Waals surface area contributed by atoms with Gasteiger partial charge in [0.25, 0.3) is 0 Å². The van der Waals surface area contributed by atoms with Crippen LogP contribution in [0.4, 0.5) is 0 Å². The van der Waals surface area contributed by atoms with Crippen molar-refractivity contribution >= 4 is 80.1 Å². The van der Waals surface area contributed by atoms with Crippen LogP contribution in [0.3, 0.4) is 0 Å². The monoisotopic (exact) mass is 1040 g/mol. The average Bonchev–Trinajstić information content (AvgIpc) is 3.16. The number of hydrogen-bond donors (Lipinski definition) is 1. The van der Waals surface area contributed by atoms with E-state index in [1.54, 1.807) is 0 Å². The van der Waals surface area contributed by atoms with Crippen molar-refractivity contribution in [1.82, 2.24) is 6.15 Å². The van der Waals surface area contributed by atoms with Gasteiger partial charge in [0.1, 0.15) is 19.7 Å². The molecule has 0 aromatic heterocycles. The minimum atomic E-state index is -4.15. The topological polar surface area (TPSA) is 249 Å². The van der Waals surface area contributed by atoms with Gasteiger partial charge < -0.3 is 29.7 Å². The van der Waals surface area contributed by atoms with Gasteiger partial charge in [-0.15, -0.1) is 0 Å². The molecule has 0 radical (unpaired) electrons. The van der Waals surface area contributed by atoms with Crippen LogP contribution in [0, 0.1) is 0 Å². The second kappa shape index (κ2) is 37.7. The number of ether oxygens (including phenoxy) is 4. The SMILES string of the molecule is CS(=O)(=O)CCOCc1ccccc1.CS(=O)(=O)CCOCc1ccccc1.N.O=S(=O)(Cl)CCOCc1ccccc1.O=S(=O)([O-])CCOCc1ccccc1.O=S(Cl)Cl.[Na+]. The van der Waals surface area contributed by atoms with Crippen LogP contribution in [-0.4, -0.2) is 104 Å². The van der Waals surface area contributed by atoms with Crippen molar-refractivity contribution in [2.75, 3.05) is 62.0 Å². The molecule has 4 rings (SSSR count). The third kappa shape index (κ3) is 49.5. The number of halogens is 3. The standard InChI is InChI=1S/2C10H14O3S.C9H11ClO3S.C9H12O4S.Cl2OS.H3N.Na/c2*1-14(11,12)8-7-13-9-10-5-3-2-4-6-10;2*10-14(11,12)7-6-13-8-9-4-2-1-3-5-9;1-4(2)3;;/h2*2-6H,7-9H2,1H3;1-5H,6-8H2;1-5H,6-8H2,(H,10,11,12);;1H3;/q;;;;;;+1/p-1. The molecule has 0 spiro atoms. The maximum atomic E-state index is 10.8. The molecule has 15 nitrogen and oxygen atoms in total. The fourth-order valence-corrected chi connectivity index (χ4v) is 5.47. The molecule has 0 aliphatic rings. The van der Waals surface area contributed by atoms with E-state index in [-0.39, 0.29) is 79.4 Å². The summed E-state index contributed by atoms with van der Waals surface area (Å²) < 4.78 is 124. The van der Waals surface area contributed by atoms with Gasteiger partial charge in [-0.2, -0.15) is 0 Å². The van der Waals surface area contributed by atoms with Crippen molar-refractivity contribution in [3.05, 3.63) is 144 Å². The quantitative estimate of drug-likeness (QED) is 0.0578.